The number of ether oxygens (including phenoxy) is 2. The molecule has 7 heteroatoms. The summed E-state index contributed by atoms with van der Waals surface area (Å²) in [5, 5.41) is 6.29. The fourth-order valence-corrected chi connectivity index (χ4v) is 3.07. The van der Waals surface area contributed by atoms with Crippen LogP contribution >= 0.6 is 0 Å². The SMILES string of the molecule is COCC1(C(=O)Nc2ccc(Oc3nccc(C)n3)cc2)CCNCC1. The molecule has 0 aliphatic carbocycles. The Balaban J connectivity index is 1.65. The maximum absolute atomic E-state index is 12.8. The lowest BCUT2D eigenvalue weighted by atomic mass is 9.78. The molecule has 2 aromatic rings. The Morgan fingerprint density at radius 1 is 1.23 bits per heavy atom. The van der Waals surface area contributed by atoms with Crippen molar-refractivity contribution >= 4 is 11.6 Å². The van der Waals surface area contributed by atoms with Crippen LogP contribution in [0.15, 0.2) is 36.5 Å². The first-order chi connectivity index (χ1) is 12.6. The molecule has 7 nitrogen and oxygen atoms in total. The zero-order chi connectivity index (χ0) is 18.4. The van der Waals surface area contributed by atoms with Gasteiger partial charge in [-0.05, 0) is 63.2 Å². The number of carbonyl (C=O) groups excluding carboxylic acids is 1. The van der Waals surface area contributed by atoms with E-state index in [1.807, 2.05) is 25.1 Å². The topological polar surface area (TPSA) is 85.4 Å². The molecule has 2 heterocycles. The molecule has 3 rings (SSSR count). The van der Waals surface area contributed by atoms with Crippen LogP contribution in [0.3, 0.4) is 0 Å². The monoisotopic (exact) mass is 356 g/mol. The van der Waals surface area contributed by atoms with E-state index in [1.54, 1.807) is 25.4 Å². The molecule has 26 heavy (non-hydrogen) atoms. The van der Waals surface area contributed by atoms with Gasteiger partial charge < -0.3 is 20.1 Å². The van der Waals surface area contributed by atoms with Crippen LogP contribution in [0.25, 0.3) is 0 Å². The van der Waals surface area contributed by atoms with E-state index in [9.17, 15) is 4.79 Å². The van der Waals surface area contributed by atoms with Gasteiger partial charge in [-0.3, -0.25) is 4.79 Å². The predicted octanol–water partition coefficient (Wildman–Crippen LogP) is 2.53. The number of nitrogens with one attached hydrogen (secondary N) is 2. The van der Waals surface area contributed by atoms with Crippen molar-refractivity contribution in [1.29, 1.82) is 0 Å². The summed E-state index contributed by atoms with van der Waals surface area (Å²) in [6, 6.07) is 9.30. The minimum Gasteiger partial charge on any atom is -0.424 e. The summed E-state index contributed by atoms with van der Waals surface area (Å²) in [5.41, 5.74) is 1.08. The fourth-order valence-electron chi connectivity index (χ4n) is 3.07. The van der Waals surface area contributed by atoms with E-state index in [4.69, 9.17) is 9.47 Å². The summed E-state index contributed by atoms with van der Waals surface area (Å²) < 4.78 is 10.9. The lowest BCUT2D eigenvalue weighted by Crippen LogP contribution is -2.47. The molecule has 0 saturated carbocycles. The Labute approximate surface area is 153 Å². The molecule has 0 atom stereocenters. The quantitative estimate of drug-likeness (QED) is 0.827. The van der Waals surface area contributed by atoms with Gasteiger partial charge in [-0.2, -0.15) is 0 Å². The van der Waals surface area contributed by atoms with Gasteiger partial charge in [-0.15, -0.1) is 0 Å². The van der Waals surface area contributed by atoms with E-state index in [2.05, 4.69) is 20.6 Å². The van der Waals surface area contributed by atoms with Crippen LogP contribution < -0.4 is 15.4 Å². The number of rotatable bonds is 6. The van der Waals surface area contributed by atoms with Crippen LogP contribution in [0.4, 0.5) is 5.69 Å². The van der Waals surface area contributed by atoms with Crippen LogP contribution in [0.2, 0.25) is 0 Å². The summed E-state index contributed by atoms with van der Waals surface area (Å²) in [7, 11) is 1.64. The van der Waals surface area contributed by atoms with Gasteiger partial charge in [0.2, 0.25) is 5.91 Å². The fraction of sp³-hybridized carbons (Fsp3) is 0.421. The molecule has 1 fully saturated rings. The molecule has 0 bridgehead atoms. The standard InChI is InChI=1S/C19H24N4O3/c1-14-7-10-21-18(22-14)26-16-5-3-15(4-6-16)23-17(24)19(13-25-2)8-11-20-12-9-19/h3-7,10,20H,8-9,11-13H2,1-2H3,(H,23,24). The van der Waals surface area contributed by atoms with E-state index in [0.717, 1.165) is 37.3 Å². The molecule has 1 aromatic carbocycles. The minimum absolute atomic E-state index is 0.00321. The number of hydrogen-bond acceptors (Lipinski definition) is 6. The lowest BCUT2D eigenvalue weighted by Gasteiger charge is -2.35. The molecule has 2 N–H and O–H groups in total. The molecule has 0 radical (unpaired) electrons. The number of piperidine rings is 1. The highest BCUT2D eigenvalue weighted by Gasteiger charge is 2.39. The van der Waals surface area contributed by atoms with E-state index >= 15 is 0 Å². The summed E-state index contributed by atoms with van der Waals surface area (Å²) in [6.07, 6.45) is 3.18. The van der Waals surface area contributed by atoms with Crippen LogP contribution in [0.1, 0.15) is 18.5 Å². The maximum Gasteiger partial charge on any atom is 0.322 e. The third kappa shape index (κ3) is 4.36. The highest BCUT2D eigenvalue weighted by molar-refractivity contribution is 5.95. The first-order valence-electron chi connectivity index (χ1n) is 8.70. The van der Waals surface area contributed by atoms with E-state index in [1.165, 1.54) is 0 Å². The van der Waals surface area contributed by atoms with Crippen molar-refractivity contribution in [3.63, 3.8) is 0 Å². The maximum atomic E-state index is 12.8. The van der Waals surface area contributed by atoms with Gasteiger partial charge in [0.1, 0.15) is 5.75 Å². The zero-order valence-electron chi connectivity index (χ0n) is 15.1. The highest BCUT2D eigenvalue weighted by atomic mass is 16.5. The van der Waals surface area contributed by atoms with Gasteiger partial charge in [0, 0.05) is 24.7 Å². The minimum atomic E-state index is -0.482. The summed E-state index contributed by atoms with van der Waals surface area (Å²) in [6.45, 7) is 3.94. The van der Waals surface area contributed by atoms with Crippen molar-refractivity contribution in [3.05, 3.63) is 42.2 Å². The molecule has 1 aliphatic rings. The van der Waals surface area contributed by atoms with Gasteiger partial charge in [-0.1, -0.05) is 0 Å². The van der Waals surface area contributed by atoms with Crippen molar-refractivity contribution < 1.29 is 14.3 Å². The highest BCUT2D eigenvalue weighted by Crippen LogP contribution is 2.31. The average Bonchev–Trinajstić information content (AvgIpc) is 2.64. The Hall–Kier alpha value is -2.51. The molecule has 1 saturated heterocycles. The van der Waals surface area contributed by atoms with Crippen molar-refractivity contribution in [2.24, 2.45) is 5.41 Å². The van der Waals surface area contributed by atoms with Crippen LogP contribution in [-0.4, -0.2) is 42.7 Å². The number of amides is 1. The van der Waals surface area contributed by atoms with Crippen LogP contribution in [0.5, 0.6) is 11.8 Å². The summed E-state index contributed by atoms with van der Waals surface area (Å²) in [4.78, 5) is 21.1. The second-order valence-corrected chi connectivity index (χ2v) is 6.52. The Kier molecular flexibility index (Phi) is 5.80. The molecular formula is C19H24N4O3. The van der Waals surface area contributed by atoms with Crippen LogP contribution in [0, 0.1) is 12.3 Å². The molecule has 1 aliphatic heterocycles. The number of methoxy groups -OCH3 is 1. The third-order valence-electron chi connectivity index (χ3n) is 4.56. The Morgan fingerprint density at radius 2 is 1.96 bits per heavy atom. The van der Waals surface area contributed by atoms with Crippen molar-refractivity contribution in [2.45, 2.75) is 19.8 Å². The van der Waals surface area contributed by atoms with E-state index in [-0.39, 0.29) is 5.91 Å². The molecule has 0 spiro atoms. The number of benzene rings is 1. The number of aromatic nitrogens is 2. The summed E-state index contributed by atoms with van der Waals surface area (Å²) in [5.74, 6) is 0.610. The number of anilines is 1. The number of carbonyl (C=O) groups is 1. The molecule has 138 valence electrons. The van der Waals surface area contributed by atoms with Crippen LogP contribution in [-0.2, 0) is 9.53 Å². The first-order valence-corrected chi connectivity index (χ1v) is 8.70. The van der Waals surface area contributed by atoms with Crippen molar-refractivity contribution in [2.75, 3.05) is 32.1 Å². The van der Waals surface area contributed by atoms with E-state index in [0.29, 0.717) is 18.4 Å². The van der Waals surface area contributed by atoms with Crippen molar-refractivity contribution in [1.82, 2.24) is 15.3 Å². The number of hydrogen-bond donors (Lipinski definition) is 2. The van der Waals surface area contributed by atoms with Gasteiger partial charge >= 0.3 is 6.01 Å². The second-order valence-electron chi connectivity index (χ2n) is 6.52. The Morgan fingerprint density at radius 3 is 2.62 bits per heavy atom. The predicted molar refractivity (Wildman–Crippen MR) is 98.3 cm³/mol. The van der Waals surface area contributed by atoms with E-state index < -0.39 is 5.41 Å². The largest absolute Gasteiger partial charge is 0.424 e. The molecule has 1 aromatic heterocycles. The molecule has 0 unspecified atom stereocenters. The normalized spacial score (nSPS) is 16.1. The molecular weight excluding hydrogens is 332 g/mol. The lowest BCUT2D eigenvalue weighted by molar-refractivity contribution is -0.130. The number of nitrogens with zero attached hydrogens (tertiary/aromatic N) is 2. The smallest absolute Gasteiger partial charge is 0.322 e. The summed E-state index contributed by atoms with van der Waals surface area (Å²) >= 11 is 0. The van der Waals surface area contributed by atoms with Gasteiger partial charge in [0.25, 0.3) is 0 Å². The number of aryl methyl sites for hydroxylation is 1. The zero-order valence-corrected chi connectivity index (χ0v) is 15.1. The van der Waals surface area contributed by atoms with Gasteiger partial charge in [-0.25, -0.2) is 9.97 Å². The van der Waals surface area contributed by atoms with Crippen molar-refractivity contribution in [3.8, 4) is 11.8 Å². The third-order valence-corrected chi connectivity index (χ3v) is 4.56. The second kappa shape index (κ2) is 8.25. The van der Waals surface area contributed by atoms with Gasteiger partial charge in [0.05, 0.1) is 12.0 Å². The Bertz CT molecular complexity index is 737. The first kappa shape index (κ1) is 18.3. The van der Waals surface area contributed by atoms with Gasteiger partial charge in [0.15, 0.2) is 0 Å². The molecule has 1 amide bonds. The average molecular weight is 356 g/mol.